The number of sulfonamides is 1. The number of nitrogens with one attached hydrogen (secondary N) is 2. The Morgan fingerprint density at radius 3 is 2.68 bits per heavy atom. The Labute approximate surface area is 129 Å². The Kier molecular flexibility index (Phi) is 5.29. The average Bonchev–Trinajstić information content (AvgIpc) is 2.52. The van der Waals surface area contributed by atoms with Gasteiger partial charge in [0.05, 0.1) is 18.2 Å². The number of anilines is 1. The predicted molar refractivity (Wildman–Crippen MR) is 83.4 cm³/mol. The zero-order valence-electron chi connectivity index (χ0n) is 12.4. The monoisotopic (exact) mass is 322 g/mol. The number of aromatic nitrogens is 2. The second-order valence-electron chi connectivity index (χ2n) is 4.55. The molecule has 0 saturated carbocycles. The highest BCUT2D eigenvalue weighted by Crippen LogP contribution is 2.20. The summed E-state index contributed by atoms with van der Waals surface area (Å²) in [5, 5.41) is 2.98. The smallest absolute Gasteiger partial charge is 0.240 e. The molecule has 0 aliphatic carbocycles. The van der Waals surface area contributed by atoms with E-state index in [1.807, 2.05) is 0 Å². The molecule has 0 saturated heterocycles. The molecule has 1 aromatic heterocycles. The third-order valence-corrected chi connectivity index (χ3v) is 4.58. The number of nitrogens with zero attached hydrogens (tertiary/aromatic N) is 2. The number of methoxy groups -OCH3 is 1. The minimum absolute atomic E-state index is 0.240. The molecule has 22 heavy (non-hydrogen) atoms. The Morgan fingerprint density at radius 2 is 2.05 bits per heavy atom. The molecular formula is C14H18N4O3S. The summed E-state index contributed by atoms with van der Waals surface area (Å²) in [6, 6.07) is 4.85. The SMILES string of the molecule is COc1ccc(S(=O)(=O)NCCNc2cnccn2)c(C)c1. The van der Waals surface area contributed by atoms with Crippen LogP contribution in [-0.2, 0) is 10.0 Å². The minimum atomic E-state index is -3.55. The summed E-state index contributed by atoms with van der Waals surface area (Å²) in [6.07, 6.45) is 4.70. The van der Waals surface area contributed by atoms with Gasteiger partial charge in [-0.2, -0.15) is 0 Å². The maximum atomic E-state index is 12.3. The van der Waals surface area contributed by atoms with Gasteiger partial charge >= 0.3 is 0 Å². The molecule has 118 valence electrons. The van der Waals surface area contributed by atoms with Crippen LogP contribution in [0.2, 0.25) is 0 Å². The van der Waals surface area contributed by atoms with Crippen LogP contribution in [0.1, 0.15) is 5.56 Å². The van der Waals surface area contributed by atoms with Crippen molar-refractivity contribution >= 4 is 15.8 Å². The summed E-state index contributed by atoms with van der Waals surface area (Å²) < 4.78 is 32.1. The van der Waals surface area contributed by atoms with Gasteiger partial charge in [-0.05, 0) is 30.7 Å². The van der Waals surface area contributed by atoms with E-state index in [1.165, 1.54) is 6.07 Å². The fourth-order valence-corrected chi connectivity index (χ4v) is 3.15. The average molecular weight is 322 g/mol. The van der Waals surface area contributed by atoms with E-state index in [1.54, 1.807) is 44.8 Å². The molecule has 2 N–H and O–H groups in total. The molecule has 0 fully saturated rings. The van der Waals surface area contributed by atoms with E-state index in [-0.39, 0.29) is 11.4 Å². The van der Waals surface area contributed by atoms with Crippen LogP contribution in [-0.4, -0.2) is 38.6 Å². The van der Waals surface area contributed by atoms with Gasteiger partial charge in [0.2, 0.25) is 10.0 Å². The summed E-state index contributed by atoms with van der Waals surface area (Å²) in [7, 11) is -2.01. The molecule has 0 spiro atoms. The van der Waals surface area contributed by atoms with Gasteiger partial charge in [-0.1, -0.05) is 0 Å². The first-order chi connectivity index (χ1) is 10.5. The predicted octanol–water partition coefficient (Wildman–Crippen LogP) is 1.18. The lowest BCUT2D eigenvalue weighted by molar-refractivity contribution is 0.414. The van der Waals surface area contributed by atoms with E-state index in [4.69, 9.17) is 4.74 Å². The van der Waals surface area contributed by atoms with Crippen molar-refractivity contribution in [3.63, 3.8) is 0 Å². The summed E-state index contributed by atoms with van der Waals surface area (Å²) >= 11 is 0. The highest BCUT2D eigenvalue weighted by Gasteiger charge is 2.16. The molecule has 1 aromatic carbocycles. The largest absolute Gasteiger partial charge is 0.497 e. The number of benzene rings is 1. The molecule has 1 heterocycles. The van der Waals surface area contributed by atoms with Gasteiger partial charge in [0, 0.05) is 25.5 Å². The lowest BCUT2D eigenvalue weighted by Crippen LogP contribution is -2.29. The Balaban J connectivity index is 1.94. The van der Waals surface area contributed by atoms with E-state index in [0.717, 1.165) is 0 Å². The zero-order chi connectivity index (χ0) is 16.0. The van der Waals surface area contributed by atoms with Crippen LogP contribution in [0.3, 0.4) is 0 Å². The maximum Gasteiger partial charge on any atom is 0.240 e. The van der Waals surface area contributed by atoms with E-state index in [0.29, 0.717) is 23.7 Å². The first-order valence-corrected chi connectivity index (χ1v) is 8.15. The normalized spacial score (nSPS) is 11.2. The van der Waals surface area contributed by atoms with Crippen LogP contribution >= 0.6 is 0 Å². The summed E-state index contributed by atoms with van der Waals surface area (Å²) in [6.45, 7) is 2.38. The molecule has 0 radical (unpaired) electrons. The van der Waals surface area contributed by atoms with Gasteiger partial charge in [-0.25, -0.2) is 18.1 Å². The van der Waals surface area contributed by atoms with Crippen molar-refractivity contribution in [3.8, 4) is 5.75 Å². The Morgan fingerprint density at radius 1 is 1.23 bits per heavy atom. The molecule has 0 aliphatic rings. The number of aryl methyl sites for hydroxylation is 1. The van der Waals surface area contributed by atoms with Gasteiger partial charge in [0.1, 0.15) is 11.6 Å². The highest BCUT2D eigenvalue weighted by molar-refractivity contribution is 7.89. The molecule has 2 aromatic rings. The molecule has 0 aliphatic heterocycles. The van der Waals surface area contributed by atoms with Crippen LogP contribution in [0.15, 0.2) is 41.7 Å². The Bertz CT molecular complexity index is 720. The molecule has 0 atom stereocenters. The molecule has 8 heteroatoms. The van der Waals surface area contributed by atoms with Crippen LogP contribution in [0.4, 0.5) is 5.82 Å². The minimum Gasteiger partial charge on any atom is -0.497 e. The van der Waals surface area contributed by atoms with E-state index < -0.39 is 10.0 Å². The van der Waals surface area contributed by atoms with Crippen molar-refractivity contribution in [1.29, 1.82) is 0 Å². The number of rotatable bonds is 7. The van der Waals surface area contributed by atoms with Crippen LogP contribution < -0.4 is 14.8 Å². The number of hydrogen-bond acceptors (Lipinski definition) is 6. The fraction of sp³-hybridized carbons (Fsp3) is 0.286. The van der Waals surface area contributed by atoms with Crippen LogP contribution in [0.5, 0.6) is 5.75 Å². The number of hydrogen-bond donors (Lipinski definition) is 2. The molecule has 7 nitrogen and oxygen atoms in total. The van der Waals surface area contributed by atoms with Crippen molar-refractivity contribution in [2.45, 2.75) is 11.8 Å². The van der Waals surface area contributed by atoms with Crippen molar-refractivity contribution in [3.05, 3.63) is 42.4 Å². The maximum absolute atomic E-state index is 12.3. The van der Waals surface area contributed by atoms with Gasteiger partial charge in [-0.15, -0.1) is 0 Å². The van der Waals surface area contributed by atoms with Gasteiger partial charge < -0.3 is 10.1 Å². The standard InChI is InChI=1S/C14H18N4O3S/c1-11-9-12(21-2)3-4-13(11)22(19,20)18-8-7-17-14-10-15-5-6-16-14/h3-6,9-10,18H,7-8H2,1-2H3,(H,16,17). The second kappa shape index (κ2) is 7.19. The first kappa shape index (κ1) is 16.2. The summed E-state index contributed by atoms with van der Waals surface area (Å²) in [4.78, 5) is 8.19. The lowest BCUT2D eigenvalue weighted by Gasteiger charge is -2.11. The molecular weight excluding hydrogens is 304 g/mol. The lowest BCUT2D eigenvalue weighted by atomic mass is 10.2. The van der Waals surface area contributed by atoms with E-state index >= 15 is 0 Å². The van der Waals surface area contributed by atoms with Gasteiger partial charge in [-0.3, -0.25) is 4.98 Å². The van der Waals surface area contributed by atoms with Gasteiger partial charge in [0.15, 0.2) is 0 Å². The van der Waals surface area contributed by atoms with Crippen molar-refractivity contribution < 1.29 is 13.2 Å². The van der Waals surface area contributed by atoms with E-state index in [9.17, 15) is 8.42 Å². The van der Waals surface area contributed by atoms with Crippen molar-refractivity contribution in [1.82, 2.24) is 14.7 Å². The third kappa shape index (κ3) is 4.15. The number of ether oxygens (including phenoxy) is 1. The molecule has 2 rings (SSSR count). The Hall–Kier alpha value is -2.19. The topological polar surface area (TPSA) is 93.2 Å². The highest BCUT2D eigenvalue weighted by atomic mass is 32.2. The van der Waals surface area contributed by atoms with Crippen molar-refractivity contribution in [2.75, 3.05) is 25.5 Å². The molecule has 0 bridgehead atoms. The van der Waals surface area contributed by atoms with Crippen molar-refractivity contribution in [2.24, 2.45) is 0 Å². The van der Waals surface area contributed by atoms with E-state index in [2.05, 4.69) is 20.0 Å². The first-order valence-electron chi connectivity index (χ1n) is 6.67. The fourth-order valence-electron chi connectivity index (χ4n) is 1.89. The van der Waals surface area contributed by atoms with Crippen LogP contribution in [0, 0.1) is 6.92 Å². The molecule has 0 amide bonds. The third-order valence-electron chi connectivity index (χ3n) is 2.96. The summed E-state index contributed by atoms with van der Waals surface area (Å²) in [5.41, 5.74) is 0.633. The zero-order valence-corrected chi connectivity index (χ0v) is 13.2. The quantitative estimate of drug-likeness (QED) is 0.744. The second-order valence-corrected chi connectivity index (χ2v) is 6.28. The molecule has 0 unspecified atom stereocenters. The van der Waals surface area contributed by atoms with Gasteiger partial charge in [0.25, 0.3) is 0 Å². The summed E-state index contributed by atoms with van der Waals surface area (Å²) in [5.74, 6) is 1.23. The van der Waals surface area contributed by atoms with Crippen LogP contribution in [0.25, 0.3) is 0 Å².